The van der Waals surface area contributed by atoms with Crippen molar-refractivity contribution in [1.82, 2.24) is 20.5 Å². The normalized spacial score (nSPS) is 24.8. The maximum atomic E-state index is 12.4. The molecule has 134 valence electrons. The SMILES string of the molecule is CCN(CC)C(=O)N[C@@H]1CN[C@@H]2Cc3c(Br)[nH]c4cccc(c34)[C@H]2C1. The van der Waals surface area contributed by atoms with Crippen molar-refractivity contribution in [3.63, 3.8) is 0 Å². The van der Waals surface area contributed by atoms with Crippen LogP contribution in [0.15, 0.2) is 22.8 Å². The molecule has 1 fully saturated rings. The van der Waals surface area contributed by atoms with Crippen molar-refractivity contribution in [3.8, 4) is 0 Å². The number of nitrogens with one attached hydrogen (secondary N) is 3. The molecule has 1 aromatic heterocycles. The van der Waals surface area contributed by atoms with E-state index in [9.17, 15) is 4.79 Å². The number of piperidine rings is 1. The van der Waals surface area contributed by atoms with Crippen LogP contribution in [0.2, 0.25) is 0 Å². The number of halogens is 1. The zero-order valence-electron chi connectivity index (χ0n) is 14.7. The Kier molecular flexibility index (Phi) is 4.50. The highest BCUT2D eigenvalue weighted by atomic mass is 79.9. The Labute approximate surface area is 156 Å². The number of hydrogen-bond acceptors (Lipinski definition) is 2. The molecule has 4 rings (SSSR count). The third kappa shape index (κ3) is 2.85. The monoisotopic (exact) mass is 404 g/mol. The Balaban J connectivity index is 1.58. The zero-order chi connectivity index (χ0) is 17.6. The predicted molar refractivity (Wildman–Crippen MR) is 104 cm³/mol. The van der Waals surface area contributed by atoms with Gasteiger partial charge in [0.15, 0.2) is 0 Å². The molecule has 2 aliphatic rings. The number of aromatic nitrogens is 1. The van der Waals surface area contributed by atoms with Crippen molar-refractivity contribution in [2.45, 2.75) is 44.7 Å². The molecule has 0 radical (unpaired) electrons. The molecule has 0 unspecified atom stereocenters. The molecular weight excluding hydrogens is 380 g/mol. The van der Waals surface area contributed by atoms with Crippen molar-refractivity contribution < 1.29 is 4.79 Å². The van der Waals surface area contributed by atoms with E-state index < -0.39 is 0 Å². The maximum absolute atomic E-state index is 12.4. The Hall–Kier alpha value is -1.53. The smallest absolute Gasteiger partial charge is 0.317 e. The summed E-state index contributed by atoms with van der Waals surface area (Å²) < 4.78 is 1.10. The number of fused-ring (bicyclic) bond motifs is 2. The van der Waals surface area contributed by atoms with E-state index in [1.54, 1.807) is 0 Å². The molecular formula is C19H25BrN4O. The molecule has 5 nitrogen and oxygen atoms in total. The van der Waals surface area contributed by atoms with Gasteiger partial charge >= 0.3 is 6.03 Å². The number of benzene rings is 1. The Morgan fingerprint density at radius 1 is 1.36 bits per heavy atom. The topological polar surface area (TPSA) is 60.2 Å². The minimum Gasteiger partial charge on any atom is -0.349 e. The van der Waals surface area contributed by atoms with E-state index in [1.165, 1.54) is 22.0 Å². The summed E-state index contributed by atoms with van der Waals surface area (Å²) in [5.41, 5.74) is 3.98. The van der Waals surface area contributed by atoms with Crippen molar-refractivity contribution in [2.75, 3.05) is 19.6 Å². The van der Waals surface area contributed by atoms with Crippen LogP contribution in [0.4, 0.5) is 4.79 Å². The van der Waals surface area contributed by atoms with Gasteiger partial charge in [-0.15, -0.1) is 0 Å². The van der Waals surface area contributed by atoms with Crippen molar-refractivity contribution >= 4 is 32.9 Å². The summed E-state index contributed by atoms with van der Waals surface area (Å²) in [6, 6.07) is 7.18. The number of aromatic amines is 1. The maximum Gasteiger partial charge on any atom is 0.317 e. The first-order valence-electron chi connectivity index (χ1n) is 9.20. The van der Waals surface area contributed by atoms with Crippen LogP contribution in [0.3, 0.4) is 0 Å². The number of hydrogen-bond donors (Lipinski definition) is 3. The lowest BCUT2D eigenvalue weighted by Crippen LogP contribution is -2.56. The van der Waals surface area contributed by atoms with Gasteiger partial charge in [0.2, 0.25) is 0 Å². The summed E-state index contributed by atoms with van der Waals surface area (Å²) in [4.78, 5) is 17.7. The number of rotatable bonds is 3. The zero-order valence-corrected chi connectivity index (χ0v) is 16.3. The van der Waals surface area contributed by atoms with Crippen LogP contribution >= 0.6 is 15.9 Å². The summed E-state index contributed by atoms with van der Waals surface area (Å²) in [6.07, 6.45) is 2.02. The van der Waals surface area contributed by atoms with Crippen LogP contribution < -0.4 is 10.6 Å². The molecule has 0 spiro atoms. The highest BCUT2D eigenvalue weighted by molar-refractivity contribution is 9.10. The van der Waals surface area contributed by atoms with E-state index in [1.807, 2.05) is 18.7 Å². The van der Waals surface area contributed by atoms with Crippen LogP contribution in [0.25, 0.3) is 10.9 Å². The van der Waals surface area contributed by atoms with E-state index in [0.29, 0.717) is 12.0 Å². The fourth-order valence-corrected chi connectivity index (χ4v) is 5.04. The van der Waals surface area contributed by atoms with Gasteiger partial charge in [-0.05, 0) is 59.8 Å². The Morgan fingerprint density at radius 2 is 2.16 bits per heavy atom. The highest BCUT2D eigenvalue weighted by Crippen LogP contribution is 2.43. The first-order chi connectivity index (χ1) is 12.1. The fourth-order valence-electron chi connectivity index (χ4n) is 4.47. The van der Waals surface area contributed by atoms with Gasteiger partial charge in [0.05, 0.1) is 4.60 Å². The first kappa shape index (κ1) is 16.9. The molecule has 3 N–H and O–H groups in total. The second kappa shape index (κ2) is 6.65. The van der Waals surface area contributed by atoms with E-state index in [0.717, 1.165) is 37.1 Å². The molecule has 1 aliphatic carbocycles. The van der Waals surface area contributed by atoms with Gasteiger partial charge in [0, 0.05) is 48.5 Å². The van der Waals surface area contributed by atoms with Gasteiger partial charge in [-0.25, -0.2) is 4.79 Å². The van der Waals surface area contributed by atoms with E-state index in [4.69, 9.17) is 0 Å². The van der Waals surface area contributed by atoms with Gasteiger partial charge < -0.3 is 20.5 Å². The van der Waals surface area contributed by atoms with Crippen LogP contribution in [-0.2, 0) is 6.42 Å². The third-order valence-electron chi connectivity index (χ3n) is 5.76. The number of urea groups is 1. The van der Waals surface area contributed by atoms with Crippen LogP contribution in [0.5, 0.6) is 0 Å². The Morgan fingerprint density at radius 3 is 2.92 bits per heavy atom. The molecule has 0 bridgehead atoms. The van der Waals surface area contributed by atoms with Crippen LogP contribution in [0.1, 0.15) is 37.3 Å². The van der Waals surface area contributed by atoms with E-state index in [2.05, 4.69) is 49.7 Å². The lowest BCUT2D eigenvalue weighted by Gasteiger charge is -2.41. The van der Waals surface area contributed by atoms with E-state index >= 15 is 0 Å². The van der Waals surface area contributed by atoms with E-state index in [-0.39, 0.29) is 12.1 Å². The second-order valence-corrected chi connectivity index (χ2v) is 7.86. The molecule has 1 aromatic carbocycles. The van der Waals surface area contributed by atoms with Gasteiger partial charge in [-0.1, -0.05) is 12.1 Å². The van der Waals surface area contributed by atoms with Crippen LogP contribution in [-0.4, -0.2) is 47.6 Å². The molecule has 3 atom stereocenters. The van der Waals surface area contributed by atoms with Crippen molar-refractivity contribution in [3.05, 3.63) is 33.9 Å². The summed E-state index contributed by atoms with van der Waals surface area (Å²) in [5, 5.41) is 8.28. The second-order valence-electron chi connectivity index (χ2n) is 7.07. The number of H-pyrrole nitrogens is 1. The highest BCUT2D eigenvalue weighted by Gasteiger charge is 2.37. The average Bonchev–Trinajstić information content (AvgIpc) is 2.93. The van der Waals surface area contributed by atoms with Crippen molar-refractivity contribution in [2.24, 2.45) is 0 Å². The molecule has 2 heterocycles. The molecule has 25 heavy (non-hydrogen) atoms. The van der Waals surface area contributed by atoms with Gasteiger partial charge in [-0.3, -0.25) is 0 Å². The third-order valence-corrected chi connectivity index (χ3v) is 6.44. The first-order valence-corrected chi connectivity index (χ1v) is 9.99. The van der Waals surface area contributed by atoms with Crippen molar-refractivity contribution in [1.29, 1.82) is 0 Å². The van der Waals surface area contributed by atoms with Crippen LogP contribution in [0, 0.1) is 0 Å². The molecule has 1 aliphatic heterocycles. The molecule has 2 amide bonds. The molecule has 2 aromatic rings. The summed E-state index contributed by atoms with van der Waals surface area (Å²) in [5.74, 6) is 0.439. The summed E-state index contributed by atoms with van der Waals surface area (Å²) in [7, 11) is 0. The predicted octanol–water partition coefficient (Wildman–Crippen LogP) is 3.35. The average molecular weight is 405 g/mol. The fraction of sp³-hybridized carbons (Fsp3) is 0.526. The quantitative estimate of drug-likeness (QED) is 0.734. The number of nitrogens with zero attached hydrogens (tertiary/aromatic N) is 1. The van der Waals surface area contributed by atoms with Gasteiger partial charge in [0.25, 0.3) is 0 Å². The minimum absolute atomic E-state index is 0.0503. The summed E-state index contributed by atoms with van der Waals surface area (Å²) >= 11 is 3.68. The molecule has 0 saturated carbocycles. The minimum atomic E-state index is 0.0503. The standard InChI is InChI=1S/C19H25BrN4O/c1-3-24(4-2)19(25)22-11-8-13-12-6-5-7-15-17(12)14(18(20)23-15)9-16(13)21-10-11/h5-7,11,13,16,21,23H,3-4,8-10H2,1-2H3,(H,22,25)/t11-,13+,16+/m0/s1. The number of carbonyl (C=O) groups excluding carboxylic acids is 1. The van der Waals surface area contributed by atoms with Gasteiger partial charge in [-0.2, -0.15) is 0 Å². The molecule has 6 heteroatoms. The lowest BCUT2D eigenvalue weighted by atomic mass is 9.75. The Bertz CT molecular complexity index is 798. The number of amides is 2. The lowest BCUT2D eigenvalue weighted by molar-refractivity contribution is 0.191. The van der Waals surface area contributed by atoms with Gasteiger partial charge in [0.1, 0.15) is 0 Å². The molecule has 1 saturated heterocycles. The summed E-state index contributed by atoms with van der Waals surface area (Å²) in [6.45, 7) is 6.36. The largest absolute Gasteiger partial charge is 0.349 e. The number of carbonyl (C=O) groups is 1.